The second kappa shape index (κ2) is 7.19. The van der Waals surface area contributed by atoms with Gasteiger partial charge >= 0.3 is 0 Å². The Balaban J connectivity index is 1.87. The average Bonchev–Trinajstić information content (AvgIpc) is 2.77. The molecule has 1 heterocycles. The molecule has 1 aromatic carbocycles. The van der Waals surface area contributed by atoms with E-state index in [9.17, 15) is 17.6 Å². The minimum absolute atomic E-state index is 0.00469. The number of thioether (sulfide) groups is 1. The lowest BCUT2D eigenvalue weighted by atomic mass is 10.2. The van der Waals surface area contributed by atoms with Crippen LogP contribution in [0.5, 0.6) is 0 Å². The zero-order valence-corrected chi connectivity index (χ0v) is 14.4. The third-order valence-corrected chi connectivity index (χ3v) is 6.78. The second-order valence-electron chi connectivity index (χ2n) is 5.26. The van der Waals surface area contributed by atoms with Crippen LogP contribution >= 0.6 is 23.4 Å². The van der Waals surface area contributed by atoms with Crippen molar-refractivity contribution in [3.8, 4) is 0 Å². The molecule has 1 aliphatic heterocycles. The molecule has 8 heteroatoms. The van der Waals surface area contributed by atoms with Gasteiger partial charge in [-0.3, -0.25) is 4.79 Å². The quantitative estimate of drug-likeness (QED) is 0.870. The van der Waals surface area contributed by atoms with Gasteiger partial charge in [0.25, 0.3) is 0 Å². The monoisotopic (exact) mass is 365 g/mol. The second-order valence-corrected chi connectivity index (χ2v) is 9.23. The normalized spacial score (nSPS) is 21.5. The molecule has 1 aromatic rings. The summed E-state index contributed by atoms with van der Waals surface area (Å²) in [6, 6.07) is 4.14. The third kappa shape index (κ3) is 4.60. The van der Waals surface area contributed by atoms with E-state index in [4.69, 9.17) is 11.6 Å². The van der Waals surface area contributed by atoms with Gasteiger partial charge in [-0.1, -0.05) is 17.7 Å². The summed E-state index contributed by atoms with van der Waals surface area (Å²) in [7, 11) is -3.02. The van der Waals surface area contributed by atoms with Crippen molar-refractivity contribution in [3.63, 3.8) is 0 Å². The Labute approximate surface area is 138 Å². The van der Waals surface area contributed by atoms with Gasteiger partial charge in [0.2, 0.25) is 5.91 Å². The summed E-state index contributed by atoms with van der Waals surface area (Å²) < 4.78 is 36.4. The molecule has 0 bridgehead atoms. The van der Waals surface area contributed by atoms with Crippen molar-refractivity contribution >= 4 is 39.1 Å². The summed E-state index contributed by atoms with van der Waals surface area (Å²) in [5.74, 6) is -0.239. The van der Waals surface area contributed by atoms with Crippen molar-refractivity contribution in [2.75, 3.05) is 11.5 Å². The minimum Gasteiger partial charge on any atom is -0.351 e. The smallest absolute Gasteiger partial charge is 0.233 e. The highest BCUT2D eigenvalue weighted by Gasteiger charge is 2.30. The van der Waals surface area contributed by atoms with E-state index in [0.29, 0.717) is 17.0 Å². The lowest BCUT2D eigenvalue weighted by Gasteiger charge is -2.16. The van der Waals surface area contributed by atoms with E-state index in [1.807, 2.05) is 0 Å². The van der Waals surface area contributed by atoms with Crippen LogP contribution in [-0.2, 0) is 20.4 Å². The number of carbonyl (C=O) groups excluding carboxylic acids is 1. The number of halogens is 2. The van der Waals surface area contributed by atoms with Crippen LogP contribution < -0.4 is 5.32 Å². The van der Waals surface area contributed by atoms with E-state index >= 15 is 0 Å². The van der Waals surface area contributed by atoms with Crippen LogP contribution in [0.1, 0.15) is 18.9 Å². The van der Waals surface area contributed by atoms with Crippen LogP contribution in [0.25, 0.3) is 0 Å². The van der Waals surface area contributed by atoms with Crippen molar-refractivity contribution in [2.45, 2.75) is 30.4 Å². The Morgan fingerprint density at radius 2 is 2.27 bits per heavy atom. The molecule has 0 aliphatic carbocycles. The zero-order valence-electron chi connectivity index (χ0n) is 12.0. The van der Waals surface area contributed by atoms with Crippen molar-refractivity contribution in [3.05, 3.63) is 34.6 Å². The molecule has 1 amide bonds. The van der Waals surface area contributed by atoms with Crippen molar-refractivity contribution in [2.24, 2.45) is 0 Å². The van der Waals surface area contributed by atoms with Gasteiger partial charge < -0.3 is 5.32 Å². The first-order valence-electron chi connectivity index (χ1n) is 6.84. The van der Waals surface area contributed by atoms with Gasteiger partial charge in [-0.25, -0.2) is 12.8 Å². The summed E-state index contributed by atoms with van der Waals surface area (Å²) in [5.41, 5.74) is 0.372. The first kappa shape index (κ1) is 17.6. The van der Waals surface area contributed by atoms with E-state index < -0.39 is 20.9 Å². The lowest BCUT2D eigenvalue weighted by molar-refractivity contribution is -0.120. The Morgan fingerprint density at radius 1 is 1.55 bits per heavy atom. The summed E-state index contributed by atoms with van der Waals surface area (Å²) >= 11 is 7.20. The van der Waals surface area contributed by atoms with E-state index in [-0.39, 0.29) is 29.2 Å². The fourth-order valence-electron chi connectivity index (χ4n) is 2.18. The standard InChI is InChI=1S/C14H17ClFNO3S2/c1-9(14(18)17-10-5-6-22(19,20)8-10)21-7-11-12(15)3-2-4-13(11)16/h2-4,9-10H,5-8H2,1H3,(H,17,18). The Hall–Kier alpha value is -0.790. The molecule has 1 fully saturated rings. The molecule has 2 rings (SSSR count). The number of sulfone groups is 1. The summed E-state index contributed by atoms with van der Waals surface area (Å²) in [6.45, 7) is 1.71. The van der Waals surface area contributed by atoms with Crippen LogP contribution in [0, 0.1) is 5.82 Å². The molecule has 0 radical (unpaired) electrons. The number of nitrogens with one attached hydrogen (secondary N) is 1. The van der Waals surface area contributed by atoms with Crippen molar-refractivity contribution in [1.82, 2.24) is 5.32 Å². The molecule has 1 aliphatic rings. The highest BCUT2D eigenvalue weighted by Crippen LogP contribution is 2.26. The van der Waals surface area contributed by atoms with Crippen LogP contribution in [0.4, 0.5) is 4.39 Å². The molecule has 0 spiro atoms. The van der Waals surface area contributed by atoms with Gasteiger partial charge in [-0.05, 0) is 25.5 Å². The summed E-state index contributed by atoms with van der Waals surface area (Å²) in [4.78, 5) is 12.0. The van der Waals surface area contributed by atoms with Crippen LogP contribution in [0.2, 0.25) is 5.02 Å². The highest BCUT2D eigenvalue weighted by atomic mass is 35.5. The maximum Gasteiger partial charge on any atom is 0.233 e. The Bertz CT molecular complexity index is 646. The van der Waals surface area contributed by atoms with Crippen LogP contribution in [0.15, 0.2) is 18.2 Å². The fraction of sp³-hybridized carbons (Fsp3) is 0.500. The van der Waals surface area contributed by atoms with Gasteiger partial charge in [-0.2, -0.15) is 0 Å². The summed E-state index contributed by atoms with van der Waals surface area (Å²) in [6.07, 6.45) is 0.449. The van der Waals surface area contributed by atoms with Crippen LogP contribution in [0.3, 0.4) is 0 Å². The molecule has 1 saturated heterocycles. The Morgan fingerprint density at radius 3 is 2.86 bits per heavy atom. The number of hydrogen-bond acceptors (Lipinski definition) is 4. The van der Waals surface area contributed by atoms with E-state index in [2.05, 4.69) is 5.32 Å². The number of rotatable bonds is 5. The molecule has 0 aromatic heterocycles. The molecule has 2 atom stereocenters. The number of carbonyl (C=O) groups is 1. The van der Waals surface area contributed by atoms with E-state index in [1.54, 1.807) is 13.0 Å². The maximum absolute atomic E-state index is 13.6. The molecular weight excluding hydrogens is 349 g/mol. The summed E-state index contributed by atoms with van der Waals surface area (Å²) in [5, 5.41) is 2.65. The fourth-order valence-corrected chi connectivity index (χ4v) is 5.09. The van der Waals surface area contributed by atoms with E-state index in [0.717, 1.165) is 0 Å². The van der Waals surface area contributed by atoms with Gasteiger partial charge in [0.05, 0.1) is 16.8 Å². The van der Waals surface area contributed by atoms with Crippen molar-refractivity contribution < 1.29 is 17.6 Å². The minimum atomic E-state index is -3.02. The Kier molecular flexibility index (Phi) is 5.74. The largest absolute Gasteiger partial charge is 0.351 e. The predicted molar refractivity (Wildman–Crippen MR) is 87.4 cm³/mol. The first-order valence-corrected chi connectivity index (χ1v) is 10.1. The van der Waals surface area contributed by atoms with Gasteiger partial charge in [0, 0.05) is 22.4 Å². The molecule has 22 heavy (non-hydrogen) atoms. The SMILES string of the molecule is CC(SCc1c(F)cccc1Cl)C(=O)NC1CCS(=O)(=O)C1. The van der Waals surface area contributed by atoms with Gasteiger partial charge in [0.1, 0.15) is 5.82 Å². The molecular formula is C14H17ClFNO3S2. The maximum atomic E-state index is 13.6. The highest BCUT2D eigenvalue weighted by molar-refractivity contribution is 7.99. The zero-order chi connectivity index (χ0) is 16.3. The number of benzene rings is 1. The first-order chi connectivity index (χ1) is 10.3. The number of amides is 1. The van der Waals surface area contributed by atoms with E-state index in [1.165, 1.54) is 23.9 Å². The molecule has 1 N–H and O–H groups in total. The lowest BCUT2D eigenvalue weighted by Crippen LogP contribution is -2.40. The molecule has 4 nitrogen and oxygen atoms in total. The average molecular weight is 366 g/mol. The number of hydrogen-bond donors (Lipinski definition) is 1. The molecule has 122 valence electrons. The van der Waals surface area contributed by atoms with Gasteiger partial charge in [0.15, 0.2) is 9.84 Å². The predicted octanol–water partition coefficient (Wildman–Crippen LogP) is 2.40. The third-order valence-electron chi connectivity index (χ3n) is 3.49. The van der Waals surface area contributed by atoms with Gasteiger partial charge in [-0.15, -0.1) is 11.8 Å². The van der Waals surface area contributed by atoms with Crippen LogP contribution in [-0.4, -0.2) is 37.1 Å². The van der Waals surface area contributed by atoms with Crippen molar-refractivity contribution in [1.29, 1.82) is 0 Å². The molecule has 0 saturated carbocycles. The molecule has 2 unspecified atom stereocenters. The topological polar surface area (TPSA) is 63.2 Å².